The molecule has 0 aliphatic carbocycles. The number of tetrazole rings is 1. The highest BCUT2D eigenvalue weighted by atomic mass is 15.5. The molecule has 1 atom stereocenters. The van der Waals surface area contributed by atoms with Crippen molar-refractivity contribution in [1.82, 2.24) is 34.7 Å². The zero-order valence-corrected chi connectivity index (χ0v) is 10.9. The van der Waals surface area contributed by atoms with Crippen LogP contribution in [0.1, 0.15) is 17.6 Å². The van der Waals surface area contributed by atoms with Crippen molar-refractivity contribution < 1.29 is 0 Å². The molecule has 0 aliphatic rings. The summed E-state index contributed by atoms with van der Waals surface area (Å²) < 4.78 is 3.68. The van der Waals surface area contributed by atoms with Gasteiger partial charge < -0.3 is 4.57 Å². The van der Waals surface area contributed by atoms with E-state index in [0.717, 1.165) is 11.5 Å². The van der Waals surface area contributed by atoms with Crippen LogP contribution in [0.3, 0.4) is 0 Å². The van der Waals surface area contributed by atoms with Gasteiger partial charge in [-0.15, -0.1) is 5.10 Å². The third kappa shape index (κ3) is 2.71. The summed E-state index contributed by atoms with van der Waals surface area (Å²) in [5, 5.41) is 11.8. The zero-order valence-electron chi connectivity index (χ0n) is 10.9. The molecule has 3 rings (SSSR count). The highest BCUT2D eigenvalue weighted by Crippen LogP contribution is 2.09. The summed E-state index contributed by atoms with van der Waals surface area (Å²) in [6.45, 7) is 4.68. The highest BCUT2D eigenvalue weighted by Gasteiger charge is 2.12. The zero-order chi connectivity index (χ0) is 13.8. The second-order valence-corrected chi connectivity index (χ2v) is 4.44. The van der Waals surface area contributed by atoms with Crippen LogP contribution in [0, 0.1) is 6.92 Å². The van der Waals surface area contributed by atoms with Gasteiger partial charge in [-0.3, -0.25) is 4.98 Å². The number of aromatic nitrogens is 7. The van der Waals surface area contributed by atoms with Crippen molar-refractivity contribution in [1.29, 1.82) is 0 Å². The van der Waals surface area contributed by atoms with E-state index in [1.54, 1.807) is 23.4 Å². The number of nitrogens with zero attached hydrogens (tertiary/aromatic N) is 7. The Labute approximate surface area is 116 Å². The lowest BCUT2D eigenvalue weighted by molar-refractivity contribution is 0.452. The van der Waals surface area contributed by atoms with E-state index in [4.69, 9.17) is 0 Å². The molecule has 0 aromatic carbocycles. The van der Waals surface area contributed by atoms with Crippen LogP contribution in [0.25, 0.3) is 0 Å². The van der Waals surface area contributed by atoms with Gasteiger partial charge in [0.15, 0.2) is 5.82 Å². The Morgan fingerprint density at radius 1 is 1.25 bits per heavy atom. The Morgan fingerprint density at radius 2 is 2.20 bits per heavy atom. The van der Waals surface area contributed by atoms with E-state index in [2.05, 4.69) is 32.4 Å². The normalized spacial score (nSPS) is 12.4. The van der Waals surface area contributed by atoms with Gasteiger partial charge in [-0.25, -0.2) is 9.67 Å². The first kappa shape index (κ1) is 12.5. The molecule has 3 aromatic heterocycles. The van der Waals surface area contributed by atoms with Crippen LogP contribution < -0.4 is 0 Å². The van der Waals surface area contributed by atoms with Crippen LogP contribution in [-0.2, 0) is 13.0 Å². The van der Waals surface area contributed by atoms with Crippen molar-refractivity contribution in [3.63, 3.8) is 0 Å². The van der Waals surface area contributed by atoms with Crippen molar-refractivity contribution >= 4 is 0 Å². The maximum absolute atomic E-state index is 4.28. The fraction of sp³-hybridized carbons (Fsp3) is 0.231. The lowest BCUT2D eigenvalue weighted by Gasteiger charge is -2.13. The molecule has 0 spiro atoms. The lowest BCUT2D eigenvalue weighted by atomic mass is 10.2. The first-order chi connectivity index (χ1) is 9.83. The average Bonchev–Trinajstić information content (AvgIpc) is 3.12. The summed E-state index contributed by atoms with van der Waals surface area (Å²) in [4.78, 5) is 8.30. The molecular formula is C13H14N7. The second kappa shape index (κ2) is 5.60. The van der Waals surface area contributed by atoms with Gasteiger partial charge in [0.25, 0.3) is 0 Å². The molecule has 0 amide bonds. The Morgan fingerprint density at radius 3 is 2.95 bits per heavy atom. The van der Waals surface area contributed by atoms with E-state index >= 15 is 0 Å². The SMILES string of the molecule is [CH2]C(Cn1nnnc1Cc1ccccn1)n1ccnc1. The molecular weight excluding hydrogens is 254 g/mol. The van der Waals surface area contributed by atoms with E-state index in [1.807, 2.05) is 29.0 Å². The molecule has 0 saturated carbocycles. The lowest BCUT2D eigenvalue weighted by Crippen LogP contribution is -2.16. The molecule has 0 aliphatic heterocycles. The Kier molecular flexibility index (Phi) is 3.49. The minimum absolute atomic E-state index is 0.0107. The topological polar surface area (TPSA) is 74.3 Å². The number of rotatable bonds is 5. The highest BCUT2D eigenvalue weighted by molar-refractivity contribution is 5.09. The maximum atomic E-state index is 4.28. The van der Waals surface area contributed by atoms with Crippen molar-refractivity contribution in [3.05, 3.63) is 61.6 Å². The van der Waals surface area contributed by atoms with Crippen LogP contribution in [0.5, 0.6) is 0 Å². The van der Waals surface area contributed by atoms with Gasteiger partial charge in [0, 0.05) is 24.3 Å². The quantitative estimate of drug-likeness (QED) is 0.688. The summed E-state index contributed by atoms with van der Waals surface area (Å²) in [6, 6.07) is 5.78. The monoisotopic (exact) mass is 268 g/mol. The van der Waals surface area contributed by atoms with E-state index in [-0.39, 0.29) is 6.04 Å². The molecule has 1 radical (unpaired) electrons. The van der Waals surface area contributed by atoms with Crippen molar-refractivity contribution in [2.75, 3.05) is 0 Å². The molecule has 0 N–H and O–H groups in total. The predicted octanol–water partition coefficient (Wildman–Crippen LogP) is 0.931. The minimum atomic E-state index is -0.0107. The minimum Gasteiger partial charge on any atom is -0.333 e. The van der Waals surface area contributed by atoms with E-state index < -0.39 is 0 Å². The standard InChI is InChI=1S/C13H14N7/c1-11(19-7-6-14-10-19)9-20-13(16-17-18-20)8-12-4-2-3-5-15-12/h2-7,10-11H,1,8-9H2. The van der Waals surface area contributed by atoms with Crippen LogP contribution in [0.2, 0.25) is 0 Å². The van der Waals surface area contributed by atoms with Crippen LogP contribution >= 0.6 is 0 Å². The number of pyridine rings is 1. The Bertz CT molecular complexity index is 644. The van der Waals surface area contributed by atoms with Gasteiger partial charge in [0.1, 0.15) is 0 Å². The second-order valence-electron chi connectivity index (χ2n) is 4.44. The van der Waals surface area contributed by atoms with Gasteiger partial charge in [0.05, 0.1) is 25.3 Å². The summed E-state index contributed by atoms with van der Waals surface area (Å²) in [5.41, 5.74) is 0.937. The number of imidazole rings is 1. The largest absolute Gasteiger partial charge is 0.333 e. The third-order valence-electron chi connectivity index (χ3n) is 3.00. The molecule has 0 bridgehead atoms. The maximum Gasteiger partial charge on any atom is 0.157 e. The van der Waals surface area contributed by atoms with E-state index in [0.29, 0.717) is 13.0 Å². The van der Waals surface area contributed by atoms with Crippen molar-refractivity contribution in [3.8, 4) is 0 Å². The summed E-state index contributed by atoms with van der Waals surface area (Å²) in [7, 11) is 0. The van der Waals surface area contributed by atoms with Crippen molar-refractivity contribution in [2.24, 2.45) is 0 Å². The van der Waals surface area contributed by atoms with Gasteiger partial charge in [0.2, 0.25) is 0 Å². The average molecular weight is 268 g/mol. The molecule has 3 heterocycles. The smallest absolute Gasteiger partial charge is 0.157 e. The number of hydrogen-bond donors (Lipinski definition) is 0. The Balaban J connectivity index is 1.74. The molecule has 20 heavy (non-hydrogen) atoms. The van der Waals surface area contributed by atoms with E-state index in [1.165, 1.54) is 0 Å². The summed E-state index contributed by atoms with van der Waals surface area (Å²) >= 11 is 0. The fourth-order valence-corrected chi connectivity index (χ4v) is 1.94. The molecule has 0 fully saturated rings. The van der Waals surface area contributed by atoms with E-state index in [9.17, 15) is 0 Å². The predicted molar refractivity (Wildman–Crippen MR) is 71.5 cm³/mol. The van der Waals surface area contributed by atoms with Gasteiger partial charge in [-0.2, -0.15) is 0 Å². The van der Waals surface area contributed by atoms with Crippen LogP contribution in [0.15, 0.2) is 43.1 Å². The van der Waals surface area contributed by atoms with Gasteiger partial charge in [-0.1, -0.05) is 6.07 Å². The van der Waals surface area contributed by atoms with Crippen LogP contribution in [0.4, 0.5) is 0 Å². The summed E-state index contributed by atoms with van der Waals surface area (Å²) in [5.74, 6) is 0.775. The van der Waals surface area contributed by atoms with Gasteiger partial charge >= 0.3 is 0 Å². The Hall–Kier alpha value is -2.57. The first-order valence-corrected chi connectivity index (χ1v) is 6.28. The van der Waals surface area contributed by atoms with Gasteiger partial charge in [-0.05, 0) is 29.5 Å². The molecule has 7 heteroatoms. The first-order valence-electron chi connectivity index (χ1n) is 6.28. The fourth-order valence-electron chi connectivity index (χ4n) is 1.94. The third-order valence-corrected chi connectivity index (χ3v) is 3.00. The molecule has 101 valence electrons. The summed E-state index contributed by atoms with van der Waals surface area (Å²) in [6.07, 6.45) is 7.71. The molecule has 1 unspecified atom stereocenters. The molecule has 7 nitrogen and oxygen atoms in total. The van der Waals surface area contributed by atoms with Crippen LogP contribution in [-0.4, -0.2) is 34.7 Å². The molecule has 3 aromatic rings. The molecule has 0 saturated heterocycles. The number of hydrogen-bond acceptors (Lipinski definition) is 5. The van der Waals surface area contributed by atoms with Crippen molar-refractivity contribution in [2.45, 2.75) is 19.0 Å².